The molecule has 2 atom stereocenters. The molecule has 5 nitrogen and oxygen atoms in total. The van der Waals surface area contributed by atoms with Crippen LogP contribution in [0.5, 0.6) is 0 Å². The van der Waals surface area contributed by atoms with Gasteiger partial charge in [-0.1, -0.05) is 18.2 Å². The average molecular weight is 369 g/mol. The third-order valence-electron chi connectivity index (χ3n) is 5.09. The number of halogens is 1. The van der Waals surface area contributed by atoms with Crippen LogP contribution >= 0.6 is 0 Å². The van der Waals surface area contributed by atoms with Crippen molar-refractivity contribution in [3.05, 3.63) is 65.2 Å². The summed E-state index contributed by atoms with van der Waals surface area (Å²) in [5, 5.41) is 2.91. The summed E-state index contributed by atoms with van der Waals surface area (Å²) in [5.74, 6) is -0.657. The van der Waals surface area contributed by atoms with E-state index in [9.17, 15) is 14.0 Å². The molecule has 0 radical (unpaired) electrons. The maximum Gasteiger partial charge on any atom is 0.225 e. The van der Waals surface area contributed by atoms with E-state index in [0.717, 1.165) is 11.3 Å². The van der Waals surface area contributed by atoms with E-state index in [-0.39, 0.29) is 29.6 Å². The lowest BCUT2D eigenvalue weighted by molar-refractivity contribution is -0.137. The van der Waals surface area contributed by atoms with Gasteiger partial charge in [-0.2, -0.15) is 0 Å². The molecule has 1 aromatic heterocycles. The number of hydrogen-bond acceptors (Lipinski definition) is 3. The fraction of sp³-hybridized carbons (Fsp3) is 0.381. The minimum atomic E-state index is -0.254. The summed E-state index contributed by atoms with van der Waals surface area (Å²) in [6.45, 7) is 3.96. The summed E-state index contributed by atoms with van der Waals surface area (Å²) in [7, 11) is 0. The van der Waals surface area contributed by atoms with Crippen LogP contribution in [0, 0.1) is 18.7 Å². The number of carbonyl (C=O) groups excluding carboxylic acids is 2. The van der Waals surface area contributed by atoms with Gasteiger partial charge in [0.05, 0.1) is 24.2 Å². The largest absolute Gasteiger partial charge is 0.350 e. The zero-order chi connectivity index (χ0) is 19.4. The number of likely N-dealkylation sites (tertiary alicyclic amines) is 1. The van der Waals surface area contributed by atoms with Gasteiger partial charge in [-0.15, -0.1) is 0 Å². The van der Waals surface area contributed by atoms with E-state index in [2.05, 4.69) is 10.3 Å². The van der Waals surface area contributed by atoms with Crippen LogP contribution in [0.4, 0.5) is 4.39 Å². The number of pyridine rings is 1. The number of carbonyl (C=O) groups is 2. The first-order chi connectivity index (χ1) is 13.0. The highest BCUT2D eigenvalue weighted by Gasteiger charge is 2.34. The second kappa shape index (κ2) is 8.29. The van der Waals surface area contributed by atoms with Crippen LogP contribution < -0.4 is 5.32 Å². The van der Waals surface area contributed by atoms with Crippen molar-refractivity contribution in [1.29, 1.82) is 0 Å². The summed E-state index contributed by atoms with van der Waals surface area (Å²) in [4.78, 5) is 30.7. The summed E-state index contributed by atoms with van der Waals surface area (Å²) in [6.07, 6.45) is 3.04. The van der Waals surface area contributed by atoms with Crippen LogP contribution in [0.25, 0.3) is 0 Å². The van der Waals surface area contributed by atoms with Crippen LogP contribution in [0.15, 0.2) is 42.6 Å². The van der Waals surface area contributed by atoms with Gasteiger partial charge in [-0.3, -0.25) is 14.6 Å². The van der Waals surface area contributed by atoms with Crippen molar-refractivity contribution in [3.63, 3.8) is 0 Å². The summed E-state index contributed by atoms with van der Waals surface area (Å²) < 4.78 is 13.6. The van der Waals surface area contributed by atoms with Crippen molar-refractivity contribution in [2.75, 3.05) is 6.54 Å². The van der Waals surface area contributed by atoms with Gasteiger partial charge in [0, 0.05) is 19.7 Å². The predicted octanol–water partition coefficient (Wildman–Crippen LogP) is 3.15. The maximum atomic E-state index is 13.6. The quantitative estimate of drug-likeness (QED) is 0.901. The van der Waals surface area contributed by atoms with Crippen molar-refractivity contribution in [2.45, 2.75) is 39.3 Å². The van der Waals surface area contributed by atoms with Crippen molar-refractivity contribution in [3.8, 4) is 0 Å². The molecule has 1 fully saturated rings. The van der Waals surface area contributed by atoms with E-state index in [1.165, 1.54) is 13.0 Å². The fourth-order valence-electron chi connectivity index (χ4n) is 3.58. The highest BCUT2D eigenvalue weighted by atomic mass is 19.1. The smallest absolute Gasteiger partial charge is 0.225 e. The summed E-state index contributed by atoms with van der Waals surface area (Å²) in [6, 6.07) is 10.4. The second-order valence-corrected chi connectivity index (χ2v) is 7.01. The molecule has 1 aliphatic heterocycles. The van der Waals surface area contributed by atoms with E-state index in [4.69, 9.17) is 0 Å². The van der Waals surface area contributed by atoms with Gasteiger partial charge in [0.25, 0.3) is 0 Å². The predicted molar refractivity (Wildman–Crippen MR) is 100 cm³/mol. The van der Waals surface area contributed by atoms with Gasteiger partial charge < -0.3 is 10.2 Å². The van der Waals surface area contributed by atoms with E-state index < -0.39 is 0 Å². The van der Waals surface area contributed by atoms with Crippen molar-refractivity contribution in [2.24, 2.45) is 5.92 Å². The SMILES string of the molecule is CC(=O)N1CC(C(=O)NCc2ccccn2)CCC1c1ccc(F)c(C)c1. The first-order valence-corrected chi connectivity index (χ1v) is 9.16. The Labute approximate surface area is 158 Å². The molecule has 2 amide bonds. The molecule has 0 saturated carbocycles. The minimum absolute atomic E-state index is 0.0689. The Morgan fingerprint density at radius 1 is 1.26 bits per heavy atom. The first kappa shape index (κ1) is 19.0. The van der Waals surface area contributed by atoms with Crippen LogP contribution in [0.2, 0.25) is 0 Å². The average Bonchev–Trinajstić information content (AvgIpc) is 2.68. The van der Waals surface area contributed by atoms with Crippen molar-refractivity contribution >= 4 is 11.8 Å². The molecule has 142 valence electrons. The Hall–Kier alpha value is -2.76. The molecule has 3 rings (SSSR count). The number of benzene rings is 1. The van der Waals surface area contributed by atoms with E-state index >= 15 is 0 Å². The zero-order valence-electron chi connectivity index (χ0n) is 15.6. The lowest BCUT2D eigenvalue weighted by Crippen LogP contribution is -2.46. The normalized spacial score (nSPS) is 19.6. The fourth-order valence-corrected chi connectivity index (χ4v) is 3.58. The van der Waals surface area contributed by atoms with Crippen molar-refractivity contribution in [1.82, 2.24) is 15.2 Å². The van der Waals surface area contributed by atoms with E-state index in [0.29, 0.717) is 31.5 Å². The second-order valence-electron chi connectivity index (χ2n) is 7.01. The van der Waals surface area contributed by atoms with Crippen LogP contribution in [-0.4, -0.2) is 28.2 Å². The number of amides is 2. The van der Waals surface area contributed by atoms with Gasteiger partial charge in [0.15, 0.2) is 0 Å². The molecule has 2 heterocycles. The Morgan fingerprint density at radius 3 is 2.74 bits per heavy atom. The van der Waals surface area contributed by atoms with Crippen LogP contribution in [0.3, 0.4) is 0 Å². The van der Waals surface area contributed by atoms with E-state index in [1.807, 2.05) is 18.2 Å². The number of nitrogens with zero attached hydrogens (tertiary/aromatic N) is 2. The molecular weight excluding hydrogens is 345 g/mol. The highest BCUT2D eigenvalue weighted by molar-refractivity contribution is 5.80. The van der Waals surface area contributed by atoms with Gasteiger partial charge >= 0.3 is 0 Å². The molecule has 0 aliphatic carbocycles. The maximum absolute atomic E-state index is 13.6. The Bertz CT molecular complexity index is 825. The monoisotopic (exact) mass is 369 g/mol. The molecule has 2 aromatic rings. The molecule has 0 bridgehead atoms. The zero-order valence-corrected chi connectivity index (χ0v) is 15.6. The molecule has 1 aliphatic rings. The molecule has 6 heteroatoms. The standard InChI is InChI=1S/C21H24FN3O2/c1-14-11-16(6-8-19(14)22)20-9-7-17(13-25(20)15(2)26)21(27)24-12-18-5-3-4-10-23-18/h3-6,8,10-11,17,20H,7,9,12-13H2,1-2H3,(H,24,27). The molecule has 1 N–H and O–H groups in total. The third-order valence-corrected chi connectivity index (χ3v) is 5.09. The molecule has 1 aromatic carbocycles. The van der Waals surface area contributed by atoms with E-state index in [1.54, 1.807) is 30.2 Å². The number of hydrogen-bond donors (Lipinski definition) is 1. The van der Waals surface area contributed by atoms with Crippen molar-refractivity contribution < 1.29 is 14.0 Å². The number of nitrogens with one attached hydrogen (secondary N) is 1. The summed E-state index contributed by atoms with van der Waals surface area (Å²) >= 11 is 0. The molecular formula is C21H24FN3O2. The minimum Gasteiger partial charge on any atom is -0.350 e. The third kappa shape index (κ3) is 4.51. The van der Waals surface area contributed by atoms with Gasteiger partial charge in [-0.05, 0) is 49.1 Å². The molecule has 27 heavy (non-hydrogen) atoms. The van der Waals surface area contributed by atoms with Gasteiger partial charge in [0.1, 0.15) is 5.82 Å². The molecule has 1 saturated heterocycles. The lowest BCUT2D eigenvalue weighted by Gasteiger charge is -2.39. The highest BCUT2D eigenvalue weighted by Crippen LogP contribution is 2.34. The molecule has 2 unspecified atom stereocenters. The van der Waals surface area contributed by atoms with Crippen LogP contribution in [0.1, 0.15) is 42.6 Å². The summed E-state index contributed by atoms with van der Waals surface area (Å²) in [5.41, 5.74) is 2.27. The first-order valence-electron chi connectivity index (χ1n) is 9.16. The Balaban J connectivity index is 1.67. The van der Waals surface area contributed by atoms with Crippen LogP contribution in [-0.2, 0) is 16.1 Å². The lowest BCUT2D eigenvalue weighted by atomic mass is 9.88. The number of rotatable bonds is 4. The molecule has 0 spiro atoms. The number of piperidine rings is 1. The number of aryl methyl sites for hydroxylation is 1. The topological polar surface area (TPSA) is 62.3 Å². The van der Waals surface area contributed by atoms with Gasteiger partial charge in [-0.25, -0.2) is 4.39 Å². The van der Waals surface area contributed by atoms with Gasteiger partial charge in [0.2, 0.25) is 11.8 Å². The Kier molecular flexibility index (Phi) is 5.84. The number of aromatic nitrogens is 1. The Morgan fingerprint density at radius 2 is 2.07 bits per heavy atom.